The molecule has 118 valence electrons. The van der Waals surface area contributed by atoms with Crippen LogP contribution in [0.2, 0.25) is 0 Å². The lowest BCUT2D eigenvalue weighted by Crippen LogP contribution is -2.22. The van der Waals surface area contributed by atoms with E-state index in [1.54, 1.807) is 0 Å². The molecule has 0 aliphatic heterocycles. The summed E-state index contributed by atoms with van der Waals surface area (Å²) in [5, 5.41) is 0. The van der Waals surface area contributed by atoms with Crippen molar-refractivity contribution < 1.29 is 14.3 Å². The molecule has 0 bridgehead atoms. The van der Waals surface area contributed by atoms with Gasteiger partial charge in [0.05, 0.1) is 19.8 Å². The molecule has 0 saturated carbocycles. The van der Waals surface area contributed by atoms with Crippen LogP contribution in [0.1, 0.15) is 62.3 Å². The number of rotatable bonds is 7. The van der Waals surface area contributed by atoms with Crippen LogP contribution in [-0.2, 0) is 14.3 Å². The van der Waals surface area contributed by atoms with Gasteiger partial charge in [-0.3, -0.25) is 0 Å². The first kappa shape index (κ1) is 17.7. The standard InChI is InChI=1S/C17H27NO3/c1-11(2)13-6-7-14(15(8-13)12(3)4)16(18)9-21-10-17(19)20-5/h6-8,11-12,16H,9-10,18H2,1-5H3. The van der Waals surface area contributed by atoms with Crippen molar-refractivity contribution in [3.63, 3.8) is 0 Å². The second-order valence-corrected chi connectivity index (χ2v) is 5.90. The van der Waals surface area contributed by atoms with E-state index in [4.69, 9.17) is 10.5 Å². The highest BCUT2D eigenvalue weighted by molar-refractivity contribution is 5.70. The van der Waals surface area contributed by atoms with Crippen molar-refractivity contribution in [1.82, 2.24) is 0 Å². The largest absolute Gasteiger partial charge is 0.467 e. The van der Waals surface area contributed by atoms with Crippen LogP contribution in [0, 0.1) is 0 Å². The van der Waals surface area contributed by atoms with Crippen LogP contribution in [0.25, 0.3) is 0 Å². The molecule has 0 fully saturated rings. The number of ether oxygens (including phenoxy) is 2. The van der Waals surface area contributed by atoms with Gasteiger partial charge >= 0.3 is 5.97 Å². The summed E-state index contributed by atoms with van der Waals surface area (Å²) in [5.41, 5.74) is 9.85. The molecule has 0 aliphatic rings. The van der Waals surface area contributed by atoms with E-state index < -0.39 is 0 Å². The minimum Gasteiger partial charge on any atom is -0.467 e. The molecule has 1 aromatic rings. The maximum Gasteiger partial charge on any atom is 0.331 e. The lowest BCUT2D eigenvalue weighted by Gasteiger charge is -2.21. The normalized spacial score (nSPS) is 12.8. The van der Waals surface area contributed by atoms with Crippen LogP contribution in [0.3, 0.4) is 0 Å². The summed E-state index contributed by atoms with van der Waals surface area (Å²) in [6, 6.07) is 6.18. The van der Waals surface area contributed by atoms with Crippen LogP contribution < -0.4 is 5.73 Å². The summed E-state index contributed by atoms with van der Waals surface area (Å²) >= 11 is 0. The van der Waals surface area contributed by atoms with E-state index in [2.05, 4.69) is 50.6 Å². The summed E-state index contributed by atoms with van der Waals surface area (Å²) in [5.74, 6) is 0.496. The quantitative estimate of drug-likeness (QED) is 0.785. The molecule has 1 atom stereocenters. The van der Waals surface area contributed by atoms with E-state index in [-0.39, 0.29) is 18.6 Å². The lowest BCUT2D eigenvalue weighted by atomic mass is 9.89. The van der Waals surface area contributed by atoms with Crippen LogP contribution in [-0.4, -0.2) is 26.3 Å². The molecule has 0 spiro atoms. The highest BCUT2D eigenvalue weighted by atomic mass is 16.6. The predicted octanol–water partition coefficient (Wildman–Crippen LogP) is 3.12. The molecule has 2 N–H and O–H groups in total. The third kappa shape index (κ3) is 5.14. The maximum atomic E-state index is 11.0. The molecule has 0 aliphatic carbocycles. The van der Waals surface area contributed by atoms with Crippen molar-refractivity contribution in [3.8, 4) is 0 Å². The topological polar surface area (TPSA) is 61.5 Å². The molecule has 0 radical (unpaired) electrons. The van der Waals surface area contributed by atoms with Gasteiger partial charge in [-0.25, -0.2) is 4.79 Å². The fraction of sp³-hybridized carbons (Fsp3) is 0.588. The first-order valence-corrected chi connectivity index (χ1v) is 7.40. The molecule has 21 heavy (non-hydrogen) atoms. The Morgan fingerprint density at radius 1 is 1.14 bits per heavy atom. The SMILES string of the molecule is COC(=O)COCC(N)c1ccc(C(C)C)cc1C(C)C. The number of carbonyl (C=O) groups excluding carboxylic acids is 1. The summed E-state index contributed by atoms with van der Waals surface area (Å²) < 4.78 is 9.85. The summed E-state index contributed by atoms with van der Waals surface area (Å²) in [6.45, 7) is 8.91. The fourth-order valence-corrected chi connectivity index (χ4v) is 2.21. The molecule has 0 heterocycles. The van der Waals surface area contributed by atoms with Gasteiger partial charge in [-0.15, -0.1) is 0 Å². The van der Waals surface area contributed by atoms with Crippen molar-refractivity contribution >= 4 is 5.97 Å². The number of carbonyl (C=O) groups is 1. The monoisotopic (exact) mass is 293 g/mol. The van der Waals surface area contributed by atoms with Gasteiger partial charge in [-0.1, -0.05) is 45.9 Å². The number of hydrogen-bond donors (Lipinski definition) is 1. The van der Waals surface area contributed by atoms with Gasteiger partial charge in [0.15, 0.2) is 0 Å². The molecule has 1 unspecified atom stereocenters. The predicted molar refractivity (Wildman–Crippen MR) is 84.4 cm³/mol. The van der Waals surface area contributed by atoms with Crippen LogP contribution >= 0.6 is 0 Å². The summed E-state index contributed by atoms with van der Waals surface area (Å²) in [4.78, 5) is 11.0. The van der Waals surface area contributed by atoms with E-state index in [1.807, 2.05) is 0 Å². The van der Waals surface area contributed by atoms with Crippen molar-refractivity contribution in [1.29, 1.82) is 0 Å². The van der Waals surface area contributed by atoms with Crippen molar-refractivity contribution in [2.75, 3.05) is 20.3 Å². The van der Waals surface area contributed by atoms with E-state index in [0.717, 1.165) is 5.56 Å². The molecule has 1 aromatic carbocycles. The van der Waals surface area contributed by atoms with Gasteiger partial charge in [0.2, 0.25) is 0 Å². The summed E-state index contributed by atoms with van der Waals surface area (Å²) in [6.07, 6.45) is 0. The molecule has 4 heteroatoms. The Morgan fingerprint density at radius 3 is 2.33 bits per heavy atom. The zero-order valence-corrected chi connectivity index (χ0v) is 13.7. The van der Waals surface area contributed by atoms with Crippen molar-refractivity contribution in [3.05, 3.63) is 34.9 Å². The Morgan fingerprint density at radius 2 is 1.81 bits per heavy atom. The van der Waals surface area contributed by atoms with E-state index in [9.17, 15) is 4.79 Å². The zero-order chi connectivity index (χ0) is 16.0. The minimum atomic E-state index is -0.388. The van der Waals surface area contributed by atoms with Gasteiger partial charge in [0.1, 0.15) is 6.61 Å². The van der Waals surface area contributed by atoms with Gasteiger partial charge in [0.25, 0.3) is 0 Å². The fourth-order valence-electron chi connectivity index (χ4n) is 2.21. The minimum absolute atomic E-state index is 0.0642. The number of nitrogens with two attached hydrogens (primary N) is 1. The van der Waals surface area contributed by atoms with Crippen molar-refractivity contribution in [2.45, 2.75) is 45.6 Å². The Hall–Kier alpha value is -1.39. The third-order valence-corrected chi connectivity index (χ3v) is 3.54. The Bertz CT molecular complexity index is 469. The van der Waals surface area contributed by atoms with E-state index in [1.165, 1.54) is 18.2 Å². The van der Waals surface area contributed by atoms with Gasteiger partial charge < -0.3 is 15.2 Å². The average molecular weight is 293 g/mol. The number of hydrogen-bond acceptors (Lipinski definition) is 4. The molecule has 0 amide bonds. The number of esters is 1. The van der Waals surface area contributed by atoms with Gasteiger partial charge in [-0.05, 0) is 28.5 Å². The second-order valence-electron chi connectivity index (χ2n) is 5.90. The molecule has 1 rings (SSSR count). The Labute approximate surface area is 127 Å². The summed E-state index contributed by atoms with van der Waals surface area (Å²) in [7, 11) is 1.34. The van der Waals surface area contributed by atoms with Gasteiger partial charge in [0, 0.05) is 0 Å². The van der Waals surface area contributed by atoms with E-state index in [0.29, 0.717) is 18.4 Å². The Balaban J connectivity index is 2.83. The van der Waals surface area contributed by atoms with Crippen molar-refractivity contribution in [2.24, 2.45) is 5.73 Å². The Kier molecular flexibility index (Phi) is 6.85. The zero-order valence-electron chi connectivity index (χ0n) is 13.7. The first-order chi connectivity index (χ1) is 9.86. The number of methoxy groups -OCH3 is 1. The molecule has 4 nitrogen and oxygen atoms in total. The van der Waals surface area contributed by atoms with Crippen LogP contribution in [0.15, 0.2) is 18.2 Å². The maximum absolute atomic E-state index is 11.0. The average Bonchev–Trinajstić information content (AvgIpc) is 2.45. The third-order valence-electron chi connectivity index (χ3n) is 3.54. The van der Waals surface area contributed by atoms with Gasteiger partial charge in [-0.2, -0.15) is 0 Å². The molecule has 0 saturated heterocycles. The number of benzene rings is 1. The first-order valence-electron chi connectivity index (χ1n) is 7.40. The highest BCUT2D eigenvalue weighted by Crippen LogP contribution is 2.28. The van der Waals surface area contributed by atoms with E-state index >= 15 is 0 Å². The highest BCUT2D eigenvalue weighted by Gasteiger charge is 2.16. The smallest absolute Gasteiger partial charge is 0.331 e. The lowest BCUT2D eigenvalue weighted by molar-refractivity contribution is -0.146. The van der Waals surface area contributed by atoms with Crippen LogP contribution in [0.5, 0.6) is 0 Å². The van der Waals surface area contributed by atoms with Crippen LogP contribution in [0.4, 0.5) is 0 Å². The molecule has 0 aromatic heterocycles. The molecular weight excluding hydrogens is 266 g/mol. The molecular formula is C17H27NO3. The second kappa shape index (κ2) is 8.15.